The van der Waals surface area contributed by atoms with Crippen LogP contribution in [0.5, 0.6) is 5.88 Å². The molecule has 10 heteroatoms. The summed E-state index contributed by atoms with van der Waals surface area (Å²) in [5.74, 6) is 0.788. The maximum Gasteiger partial charge on any atom is 0.343 e. The highest BCUT2D eigenvalue weighted by atomic mass is 31.2. The molecule has 3 rings (SSSR count). The molecule has 0 aliphatic carbocycles. The first-order chi connectivity index (χ1) is 10.5. The van der Waals surface area contributed by atoms with Gasteiger partial charge in [-0.2, -0.15) is 4.98 Å². The number of nitrogens with zero attached hydrogens (tertiary/aromatic N) is 2. The molecule has 1 aliphatic rings. The quantitative estimate of drug-likeness (QED) is 0.617. The van der Waals surface area contributed by atoms with Crippen molar-refractivity contribution in [2.75, 3.05) is 25.1 Å². The summed E-state index contributed by atoms with van der Waals surface area (Å²) in [6, 6.07) is 0. The Labute approximate surface area is 127 Å². The summed E-state index contributed by atoms with van der Waals surface area (Å²) in [6.07, 6.45) is 1.69. The van der Waals surface area contributed by atoms with E-state index < -0.39 is 13.3 Å². The van der Waals surface area contributed by atoms with E-state index >= 15 is 0 Å². The number of nitrogens with one attached hydrogen (secondary N) is 3. The minimum Gasteiger partial charge on any atom is -0.492 e. The molecule has 0 bridgehead atoms. The zero-order chi connectivity index (χ0) is 15.7. The number of hydrogen-bond donors (Lipinski definition) is 4. The number of aromatic nitrogens is 4. The Kier molecular flexibility index (Phi) is 3.94. The molecule has 9 nitrogen and oxygen atoms in total. The van der Waals surface area contributed by atoms with Crippen LogP contribution in [0.1, 0.15) is 22.9 Å². The molecule has 3 heterocycles. The highest BCUT2D eigenvalue weighted by molar-refractivity contribution is 7.54. The molecule has 2 aromatic rings. The van der Waals surface area contributed by atoms with Crippen molar-refractivity contribution in [1.82, 2.24) is 19.9 Å². The maximum atomic E-state index is 12.8. The van der Waals surface area contributed by atoms with Gasteiger partial charge in [0.25, 0.3) is 0 Å². The van der Waals surface area contributed by atoms with E-state index in [1.54, 1.807) is 13.1 Å². The van der Waals surface area contributed by atoms with E-state index in [2.05, 4.69) is 25.3 Å². The Hall–Kier alpha value is -1.83. The maximum absolute atomic E-state index is 12.8. The standard InChI is InChI=1S/C12H18N5O4P/c1-7-5-13-12(15-7)14-6-9(22(19)20-3-4-21-22)10-16-8(2)11(18)17-10/h5,9,18H,3-4,6H2,1-2H3,(H,16,17)(H2,13,14,15). The van der Waals surface area contributed by atoms with Crippen LogP contribution in [-0.2, 0) is 13.6 Å². The van der Waals surface area contributed by atoms with Crippen LogP contribution >= 0.6 is 7.60 Å². The molecule has 1 fully saturated rings. The largest absolute Gasteiger partial charge is 0.492 e. The summed E-state index contributed by atoms with van der Waals surface area (Å²) in [4.78, 5) is 14.1. The molecule has 0 saturated carbocycles. The molecule has 0 amide bonds. The van der Waals surface area contributed by atoms with Crippen LogP contribution in [0.4, 0.5) is 5.95 Å². The first kappa shape index (κ1) is 15.1. The normalized spacial score (nSPS) is 18.5. The first-order valence-electron chi connectivity index (χ1n) is 6.88. The fourth-order valence-electron chi connectivity index (χ4n) is 2.23. The Morgan fingerprint density at radius 3 is 2.68 bits per heavy atom. The fourth-order valence-corrected chi connectivity index (χ4v) is 4.06. The van der Waals surface area contributed by atoms with E-state index in [1.165, 1.54) is 0 Å². The monoisotopic (exact) mass is 327 g/mol. The number of H-pyrrole nitrogens is 2. The van der Waals surface area contributed by atoms with Gasteiger partial charge in [0.1, 0.15) is 11.5 Å². The Balaban J connectivity index is 1.84. The summed E-state index contributed by atoms with van der Waals surface area (Å²) in [6.45, 7) is 4.35. The van der Waals surface area contributed by atoms with Gasteiger partial charge in [-0.15, -0.1) is 0 Å². The van der Waals surface area contributed by atoms with Crippen LogP contribution in [0.3, 0.4) is 0 Å². The molecular formula is C12H18N5O4P. The lowest BCUT2D eigenvalue weighted by atomic mass is 10.4. The van der Waals surface area contributed by atoms with Gasteiger partial charge >= 0.3 is 7.60 Å². The average molecular weight is 327 g/mol. The van der Waals surface area contributed by atoms with Gasteiger partial charge in [-0.3, -0.25) is 4.57 Å². The molecule has 1 saturated heterocycles. The summed E-state index contributed by atoms with van der Waals surface area (Å²) in [5, 5.41) is 12.7. The third-order valence-corrected chi connectivity index (χ3v) is 5.64. The summed E-state index contributed by atoms with van der Waals surface area (Å²) in [5.41, 5.74) is 0.741. The molecule has 22 heavy (non-hydrogen) atoms. The van der Waals surface area contributed by atoms with Crippen molar-refractivity contribution < 1.29 is 18.7 Å². The molecule has 0 aromatic carbocycles. The minimum atomic E-state index is -3.35. The van der Waals surface area contributed by atoms with Crippen LogP contribution in [-0.4, -0.2) is 44.8 Å². The van der Waals surface area contributed by atoms with Crippen molar-refractivity contribution in [1.29, 1.82) is 0 Å². The van der Waals surface area contributed by atoms with Crippen LogP contribution < -0.4 is 5.32 Å². The van der Waals surface area contributed by atoms with Crippen molar-refractivity contribution >= 4 is 13.5 Å². The van der Waals surface area contributed by atoms with E-state index in [-0.39, 0.29) is 25.6 Å². The number of rotatable bonds is 5. The Morgan fingerprint density at radius 2 is 2.14 bits per heavy atom. The SMILES string of the molecule is Cc1cnc(NCC(c2nc(O)c(C)[nH]2)P2(=O)OCCO2)[nH]1. The molecule has 2 aromatic heterocycles. The van der Waals surface area contributed by atoms with E-state index in [0.29, 0.717) is 17.5 Å². The van der Waals surface area contributed by atoms with E-state index in [4.69, 9.17) is 9.05 Å². The third kappa shape index (κ3) is 2.87. The Morgan fingerprint density at radius 1 is 1.41 bits per heavy atom. The molecule has 1 unspecified atom stereocenters. The highest BCUT2D eigenvalue weighted by Crippen LogP contribution is 2.63. The van der Waals surface area contributed by atoms with E-state index in [0.717, 1.165) is 5.69 Å². The molecule has 0 radical (unpaired) electrons. The summed E-state index contributed by atoms with van der Waals surface area (Å²) < 4.78 is 23.4. The van der Waals surface area contributed by atoms with Gasteiger partial charge in [-0.25, -0.2) is 4.98 Å². The average Bonchev–Trinajstić information content (AvgIpc) is 3.15. The molecule has 0 spiro atoms. The topological polar surface area (TPSA) is 125 Å². The second-order valence-electron chi connectivity index (χ2n) is 5.09. The van der Waals surface area contributed by atoms with E-state index in [1.807, 2.05) is 6.92 Å². The highest BCUT2D eigenvalue weighted by Gasteiger charge is 2.42. The molecular weight excluding hydrogens is 309 g/mol. The molecule has 4 N–H and O–H groups in total. The van der Waals surface area contributed by atoms with Gasteiger partial charge in [-0.1, -0.05) is 0 Å². The number of aromatic amines is 2. The predicted molar refractivity (Wildman–Crippen MR) is 79.1 cm³/mol. The van der Waals surface area contributed by atoms with Crippen molar-refractivity contribution in [3.05, 3.63) is 23.4 Å². The minimum absolute atomic E-state index is 0.125. The third-order valence-electron chi connectivity index (χ3n) is 3.37. The smallest absolute Gasteiger partial charge is 0.343 e. The molecule has 1 aliphatic heterocycles. The summed E-state index contributed by atoms with van der Waals surface area (Å²) in [7, 11) is -3.35. The van der Waals surface area contributed by atoms with Gasteiger partial charge in [0.2, 0.25) is 5.88 Å². The van der Waals surface area contributed by atoms with Crippen LogP contribution in [0.15, 0.2) is 6.20 Å². The molecule has 120 valence electrons. The van der Waals surface area contributed by atoms with Gasteiger partial charge in [0.15, 0.2) is 5.95 Å². The second-order valence-corrected chi connectivity index (χ2v) is 7.31. The summed E-state index contributed by atoms with van der Waals surface area (Å²) >= 11 is 0. The number of aryl methyl sites for hydroxylation is 2. The lowest BCUT2D eigenvalue weighted by Gasteiger charge is -2.20. The second kappa shape index (κ2) is 5.75. The Bertz CT molecular complexity index is 683. The van der Waals surface area contributed by atoms with Crippen LogP contribution in [0, 0.1) is 13.8 Å². The van der Waals surface area contributed by atoms with Crippen molar-refractivity contribution in [3.63, 3.8) is 0 Å². The fraction of sp³-hybridized carbons (Fsp3) is 0.500. The number of aromatic hydroxyl groups is 1. The lowest BCUT2D eigenvalue weighted by molar-refractivity contribution is 0.338. The van der Waals surface area contributed by atoms with Gasteiger partial charge in [-0.05, 0) is 13.8 Å². The van der Waals surface area contributed by atoms with Gasteiger partial charge in [0.05, 0.1) is 18.9 Å². The number of imidazole rings is 2. The molecule has 1 atom stereocenters. The van der Waals surface area contributed by atoms with Crippen molar-refractivity contribution in [3.8, 4) is 5.88 Å². The van der Waals surface area contributed by atoms with E-state index in [9.17, 15) is 9.67 Å². The van der Waals surface area contributed by atoms with Crippen LogP contribution in [0.25, 0.3) is 0 Å². The predicted octanol–water partition coefficient (Wildman–Crippen LogP) is 1.85. The zero-order valence-corrected chi connectivity index (χ0v) is 13.2. The van der Waals surface area contributed by atoms with Crippen molar-refractivity contribution in [2.24, 2.45) is 0 Å². The lowest BCUT2D eigenvalue weighted by Crippen LogP contribution is -2.16. The number of anilines is 1. The van der Waals surface area contributed by atoms with Gasteiger partial charge in [0, 0.05) is 18.4 Å². The zero-order valence-electron chi connectivity index (χ0n) is 12.3. The van der Waals surface area contributed by atoms with Crippen LogP contribution in [0.2, 0.25) is 0 Å². The first-order valence-corrected chi connectivity index (χ1v) is 8.49. The van der Waals surface area contributed by atoms with Gasteiger partial charge < -0.3 is 29.4 Å². The number of hydrogen-bond acceptors (Lipinski definition) is 7. The van der Waals surface area contributed by atoms with Crippen molar-refractivity contribution in [2.45, 2.75) is 19.5 Å².